The Hall–Kier alpha value is -2.30. The topological polar surface area (TPSA) is 56.1 Å². The molecule has 3 rings (SSSR count). The van der Waals surface area contributed by atoms with Crippen molar-refractivity contribution in [2.45, 2.75) is 52.2 Å². The molecule has 2 aromatic rings. The summed E-state index contributed by atoms with van der Waals surface area (Å²) in [6, 6.07) is 7.62. The summed E-state index contributed by atoms with van der Waals surface area (Å²) < 4.78 is 8.45. The van der Waals surface area contributed by atoms with Crippen molar-refractivity contribution in [1.82, 2.24) is 9.55 Å². The second kappa shape index (κ2) is 8.19. The highest BCUT2D eigenvalue weighted by atomic mass is 16.5. The van der Waals surface area contributed by atoms with Gasteiger partial charge in [-0.2, -0.15) is 0 Å². The number of anilines is 1. The SMILES string of the molecule is CC(=O)Nc1ccc(OC(Cn2ccnc2)C2CCC(C)CC2)cc1. The summed E-state index contributed by atoms with van der Waals surface area (Å²) in [6.45, 7) is 4.66. The Labute approximate surface area is 149 Å². The third kappa shape index (κ3) is 5.08. The van der Waals surface area contributed by atoms with Crippen molar-refractivity contribution in [3.63, 3.8) is 0 Å². The van der Waals surface area contributed by atoms with E-state index in [1.807, 2.05) is 43.0 Å². The average Bonchev–Trinajstić information content (AvgIpc) is 3.09. The third-order valence-corrected chi connectivity index (χ3v) is 5.00. The Morgan fingerprint density at radius 3 is 2.60 bits per heavy atom. The van der Waals surface area contributed by atoms with Crippen LogP contribution in [0.2, 0.25) is 0 Å². The first-order valence-corrected chi connectivity index (χ1v) is 9.10. The number of nitrogens with zero attached hydrogens (tertiary/aromatic N) is 2. The predicted molar refractivity (Wildman–Crippen MR) is 98.5 cm³/mol. The van der Waals surface area contributed by atoms with Gasteiger partial charge in [0.1, 0.15) is 11.9 Å². The molecule has 1 aromatic carbocycles. The number of rotatable bonds is 6. The molecule has 1 atom stereocenters. The lowest BCUT2D eigenvalue weighted by molar-refractivity contribution is -0.114. The number of ether oxygens (including phenoxy) is 1. The van der Waals surface area contributed by atoms with Crippen LogP contribution in [-0.2, 0) is 11.3 Å². The van der Waals surface area contributed by atoms with Crippen molar-refractivity contribution in [2.75, 3.05) is 5.32 Å². The van der Waals surface area contributed by atoms with Crippen molar-refractivity contribution >= 4 is 11.6 Å². The Kier molecular flexibility index (Phi) is 5.74. The number of nitrogens with one attached hydrogen (secondary N) is 1. The molecule has 0 radical (unpaired) electrons. The number of benzene rings is 1. The van der Waals surface area contributed by atoms with Crippen molar-refractivity contribution < 1.29 is 9.53 Å². The van der Waals surface area contributed by atoms with E-state index in [-0.39, 0.29) is 12.0 Å². The van der Waals surface area contributed by atoms with E-state index in [9.17, 15) is 4.79 Å². The molecule has 1 aliphatic carbocycles. The number of imidazole rings is 1. The summed E-state index contributed by atoms with van der Waals surface area (Å²) in [7, 11) is 0. The lowest BCUT2D eigenvalue weighted by atomic mass is 9.80. The first-order chi connectivity index (χ1) is 12.1. The van der Waals surface area contributed by atoms with Crippen molar-refractivity contribution in [3.8, 4) is 5.75 Å². The highest BCUT2D eigenvalue weighted by Gasteiger charge is 2.28. The Morgan fingerprint density at radius 1 is 1.28 bits per heavy atom. The van der Waals surface area contributed by atoms with Crippen LogP contribution in [0.3, 0.4) is 0 Å². The Balaban J connectivity index is 1.69. The van der Waals surface area contributed by atoms with E-state index in [1.54, 1.807) is 0 Å². The largest absolute Gasteiger partial charge is 0.488 e. The number of carbonyl (C=O) groups is 1. The summed E-state index contributed by atoms with van der Waals surface area (Å²) in [5, 5.41) is 2.78. The molecule has 1 aliphatic rings. The van der Waals surface area contributed by atoms with Gasteiger partial charge >= 0.3 is 0 Å². The quantitative estimate of drug-likeness (QED) is 0.860. The zero-order valence-corrected chi connectivity index (χ0v) is 15.0. The van der Waals surface area contributed by atoms with Gasteiger partial charge in [-0.05, 0) is 48.9 Å². The molecule has 1 heterocycles. The molecule has 1 N–H and O–H groups in total. The monoisotopic (exact) mass is 341 g/mol. The summed E-state index contributed by atoms with van der Waals surface area (Å²) in [6.07, 6.45) is 10.8. The van der Waals surface area contributed by atoms with Gasteiger partial charge in [0.2, 0.25) is 5.91 Å². The highest BCUT2D eigenvalue weighted by molar-refractivity contribution is 5.88. The lowest BCUT2D eigenvalue weighted by Gasteiger charge is -2.33. The molecular weight excluding hydrogens is 314 g/mol. The van der Waals surface area contributed by atoms with Crippen LogP contribution in [0, 0.1) is 11.8 Å². The number of hydrogen-bond acceptors (Lipinski definition) is 3. The maximum atomic E-state index is 11.1. The molecule has 0 saturated heterocycles. The second-order valence-corrected chi connectivity index (χ2v) is 7.14. The van der Waals surface area contributed by atoms with E-state index in [0.717, 1.165) is 23.9 Å². The van der Waals surface area contributed by atoms with Gasteiger partial charge in [0, 0.05) is 25.0 Å². The highest BCUT2D eigenvalue weighted by Crippen LogP contribution is 2.33. The van der Waals surface area contributed by atoms with Gasteiger partial charge in [-0.1, -0.05) is 19.8 Å². The second-order valence-electron chi connectivity index (χ2n) is 7.14. The van der Waals surface area contributed by atoms with Gasteiger partial charge in [0.15, 0.2) is 0 Å². The van der Waals surface area contributed by atoms with E-state index in [4.69, 9.17) is 4.74 Å². The molecule has 134 valence electrons. The van der Waals surface area contributed by atoms with Crippen LogP contribution in [0.4, 0.5) is 5.69 Å². The van der Waals surface area contributed by atoms with E-state index in [0.29, 0.717) is 5.92 Å². The van der Waals surface area contributed by atoms with Crippen molar-refractivity contribution in [2.24, 2.45) is 11.8 Å². The fraction of sp³-hybridized carbons (Fsp3) is 0.500. The number of amides is 1. The summed E-state index contributed by atoms with van der Waals surface area (Å²) in [4.78, 5) is 15.3. The molecule has 1 unspecified atom stereocenters. The molecular formula is C20H27N3O2. The van der Waals surface area contributed by atoms with Crippen LogP contribution in [-0.4, -0.2) is 21.6 Å². The van der Waals surface area contributed by atoms with Crippen LogP contribution in [0.25, 0.3) is 0 Å². The fourth-order valence-corrected chi connectivity index (χ4v) is 3.54. The van der Waals surface area contributed by atoms with Gasteiger partial charge < -0.3 is 14.6 Å². The van der Waals surface area contributed by atoms with Crippen molar-refractivity contribution in [1.29, 1.82) is 0 Å². The van der Waals surface area contributed by atoms with E-state index in [2.05, 4.69) is 21.8 Å². The average molecular weight is 341 g/mol. The Bertz CT molecular complexity index is 659. The summed E-state index contributed by atoms with van der Waals surface area (Å²) in [5.74, 6) is 2.16. The zero-order chi connectivity index (χ0) is 17.6. The summed E-state index contributed by atoms with van der Waals surface area (Å²) in [5.41, 5.74) is 0.789. The standard InChI is InChI=1S/C20H27N3O2/c1-15-3-5-17(6-4-15)20(13-23-12-11-21-14-23)25-19-9-7-18(8-10-19)22-16(2)24/h7-12,14-15,17,20H,3-6,13H2,1-2H3,(H,22,24). The first-order valence-electron chi connectivity index (χ1n) is 9.10. The molecule has 1 saturated carbocycles. The minimum atomic E-state index is -0.0667. The van der Waals surface area contributed by atoms with Crippen LogP contribution in [0.15, 0.2) is 43.0 Å². The van der Waals surface area contributed by atoms with E-state index >= 15 is 0 Å². The minimum absolute atomic E-state index is 0.0667. The van der Waals surface area contributed by atoms with Crippen LogP contribution >= 0.6 is 0 Å². The molecule has 1 amide bonds. The zero-order valence-electron chi connectivity index (χ0n) is 15.0. The molecule has 25 heavy (non-hydrogen) atoms. The molecule has 0 aliphatic heterocycles. The first kappa shape index (κ1) is 17.5. The van der Waals surface area contributed by atoms with Crippen LogP contribution in [0.5, 0.6) is 5.75 Å². The van der Waals surface area contributed by atoms with Gasteiger partial charge in [0.05, 0.1) is 12.9 Å². The normalized spacial score (nSPS) is 21.5. The molecule has 0 spiro atoms. The fourth-order valence-electron chi connectivity index (χ4n) is 3.54. The summed E-state index contributed by atoms with van der Waals surface area (Å²) >= 11 is 0. The van der Waals surface area contributed by atoms with Gasteiger partial charge in [-0.3, -0.25) is 4.79 Å². The maximum Gasteiger partial charge on any atom is 0.221 e. The van der Waals surface area contributed by atoms with Gasteiger partial charge in [-0.25, -0.2) is 4.98 Å². The van der Waals surface area contributed by atoms with E-state index in [1.165, 1.54) is 32.6 Å². The molecule has 5 nitrogen and oxygen atoms in total. The van der Waals surface area contributed by atoms with Gasteiger partial charge in [-0.15, -0.1) is 0 Å². The molecule has 1 fully saturated rings. The third-order valence-electron chi connectivity index (χ3n) is 5.00. The number of hydrogen-bond donors (Lipinski definition) is 1. The van der Waals surface area contributed by atoms with E-state index < -0.39 is 0 Å². The smallest absolute Gasteiger partial charge is 0.221 e. The number of aromatic nitrogens is 2. The van der Waals surface area contributed by atoms with Crippen LogP contribution < -0.4 is 10.1 Å². The minimum Gasteiger partial charge on any atom is -0.488 e. The molecule has 0 bridgehead atoms. The molecule has 5 heteroatoms. The maximum absolute atomic E-state index is 11.1. The Morgan fingerprint density at radius 2 is 2.00 bits per heavy atom. The van der Waals surface area contributed by atoms with Gasteiger partial charge in [0.25, 0.3) is 0 Å². The lowest BCUT2D eigenvalue weighted by Crippen LogP contribution is -2.34. The molecule has 1 aromatic heterocycles. The number of carbonyl (C=O) groups excluding carboxylic acids is 1. The van der Waals surface area contributed by atoms with Crippen LogP contribution in [0.1, 0.15) is 39.5 Å². The predicted octanol–water partition coefficient (Wildman–Crippen LogP) is 4.12. The van der Waals surface area contributed by atoms with Crippen molar-refractivity contribution in [3.05, 3.63) is 43.0 Å².